The molecule has 220 valence electrons. The standard InChI is InChI=1S/C44H29N3/c1-3-11-30(12-4-1)33-16-9-18-35(27-33)36-22-24-42-40(29-36)39-23-21-32-15-7-8-20-38(32)43(39)47(42)44-45-26-25-41(46-44)37-19-10-17-34(28-37)31-13-5-2-6-14-31/h1-29H. The molecule has 3 nitrogen and oxygen atoms in total. The maximum absolute atomic E-state index is 5.20. The lowest BCUT2D eigenvalue weighted by atomic mass is 9.98. The molecule has 2 heterocycles. The minimum atomic E-state index is 0.655. The van der Waals surface area contributed by atoms with Crippen molar-refractivity contribution >= 4 is 32.6 Å². The Kier molecular flexibility index (Phi) is 6.46. The van der Waals surface area contributed by atoms with Crippen LogP contribution in [-0.4, -0.2) is 14.5 Å². The first-order chi connectivity index (χ1) is 23.3. The van der Waals surface area contributed by atoms with Gasteiger partial charge in [0.05, 0.1) is 16.7 Å². The van der Waals surface area contributed by atoms with Crippen LogP contribution in [0.1, 0.15) is 0 Å². The summed E-state index contributed by atoms with van der Waals surface area (Å²) in [4.78, 5) is 10.1. The lowest BCUT2D eigenvalue weighted by molar-refractivity contribution is 0.994. The van der Waals surface area contributed by atoms with E-state index in [0.717, 1.165) is 27.9 Å². The van der Waals surface area contributed by atoms with E-state index in [9.17, 15) is 0 Å². The molecule has 0 unspecified atom stereocenters. The van der Waals surface area contributed by atoms with Crippen molar-refractivity contribution in [3.8, 4) is 50.6 Å². The van der Waals surface area contributed by atoms with Gasteiger partial charge in [-0.25, -0.2) is 9.97 Å². The van der Waals surface area contributed by atoms with Gasteiger partial charge in [-0.15, -0.1) is 0 Å². The van der Waals surface area contributed by atoms with Crippen LogP contribution in [0.3, 0.4) is 0 Å². The molecule has 0 saturated carbocycles. The van der Waals surface area contributed by atoms with Crippen LogP contribution in [-0.2, 0) is 0 Å². The topological polar surface area (TPSA) is 30.7 Å². The van der Waals surface area contributed by atoms with Crippen molar-refractivity contribution in [2.24, 2.45) is 0 Å². The van der Waals surface area contributed by atoms with E-state index in [-0.39, 0.29) is 0 Å². The predicted octanol–water partition coefficient (Wildman–Crippen LogP) is 11.4. The fourth-order valence-corrected chi connectivity index (χ4v) is 6.78. The van der Waals surface area contributed by atoms with Gasteiger partial charge in [-0.1, -0.05) is 140 Å². The summed E-state index contributed by atoms with van der Waals surface area (Å²) in [7, 11) is 0. The molecular weight excluding hydrogens is 571 g/mol. The zero-order valence-corrected chi connectivity index (χ0v) is 25.6. The van der Waals surface area contributed by atoms with E-state index in [4.69, 9.17) is 9.97 Å². The van der Waals surface area contributed by atoms with Crippen LogP contribution in [0, 0.1) is 0 Å². The van der Waals surface area contributed by atoms with E-state index in [2.05, 4.69) is 162 Å². The smallest absolute Gasteiger partial charge is 0.235 e. The Balaban J connectivity index is 1.23. The molecular formula is C44H29N3. The van der Waals surface area contributed by atoms with Crippen LogP contribution in [0.15, 0.2) is 176 Å². The highest BCUT2D eigenvalue weighted by atomic mass is 15.2. The summed E-state index contributed by atoms with van der Waals surface area (Å²) < 4.78 is 2.24. The average molecular weight is 600 g/mol. The first-order valence-corrected chi connectivity index (χ1v) is 15.9. The maximum atomic E-state index is 5.20. The zero-order valence-electron chi connectivity index (χ0n) is 25.6. The van der Waals surface area contributed by atoms with E-state index in [1.54, 1.807) is 0 Å². The Hall–Kier alpha value is -6.32. The van der Waals surface area contributed by atoms with Crippen LogP contribution < -0.4 is 0 Å². The van der Waals surface area contributed by atoms with Gasteiger partial charge in [0.25, 0.3) is 0 Å². The van der Waals surface area contributed by atoms with E-state index < -0.39 is 0 Å². The second-order valence-electron chi connectivity index (χ2n) is 11.9. The van der Waals surface area contributed by atoms with E-state index in [1.807, 2.05) is 18.3 Å². The van der Waals surface area contributed by atoms with Gasteiger partial charge in [0.2, 0.25) is 5.95 Å². The molecule has 0 aliphatic heterocycles. The summed E-state index contributed by atoms with van der Waals surface area (Å²) in [5.41, 5.74) is 11.3. The molecule has 47 heavy (non-hydrogen) atoms. The summed E-state index contributed by atoms with van der Waals surface area (Å²) in [5.74, 6) is 0.655. The molecule has 0 radical (unpaired) electrons. The molecule has 9 rings (SSSR count). The highest BCUT2D eigenvalue weighted by Crippen LogP contribution is 2.38. The van der Waals surface area contributed by atoms with Crippen LogP contribution >= 0.6 is 0 Å². The van der Waals surface area contributed by atoms with Gasteiger partial charge in [0, 0.05) is 27.9 Å². The fraction of sp³-hybridized carbons (Fsp3) is 0. The normalized spacial score (nSPS) is 11.4. The molecule has 0 amide bonds. The maximum Gasteiger partial charge on any atom is 0.235 e. The number of rotatable bonds is 5. The molecule has 2 aromatic heterocycles. The Labute approximate surface area is 273 Å². The summed E-state index contributed by atoms with van der Waals surface area (Å²) in [5, 5.41) is 4.72. The molecule has 0 spiro atoms. The first-order valence-electron chi connectivity index (χ1n) is 15.9. The Morgan fingerprint density at radius 3 is 1.72 bits per heavy atom. The minimum Gasteiger partial charge on any atom is -0.277 e. The van der Waals surface area contributed by atoms with Gasteiger partial charge in [-0.05, 0) is 69.1 Å². The van der Waals surface area contributed by atoms with Crippen molar-refractivity contribution in [2.45, 2.75) is 0 Å². The molecule has 9 aromatic rings. The number of hydrogen-bond acceptors (Lipinski definition) is 2. The Morgan fingerprint density at radius 2 is 0.979 bits per heavy atom. The number of nitrogens with zero attached hydrogens (tertiary/aromatic N) is 3. The molecule has 0 aliphatic rings. The SMILES string of the molecule is c1ccc(-c2cccc(-c3ccc4c(c3)c3ccc5ccccc5c3n4-c3nccc(-c4cccc(-c5ccccc5)c4)n3)c2)cc1. The van der Waals surface area contributed by atoms with Gasteiger partial charge in [0.1, 0.15) is 0 Å². The number of aromatic nitrogens is 3. The zero-order chi connectivity index (χ0) is 31.2. The summed E-state index contributed by atoms with van der Waals surface area (Å²) >= 11 is 0. The first kappa shape index (κ1) is 27.0. The molecule has 0 fully saturated rings. The highest BCUT2D eigenvalue weighted by Gasteiger charge is 2.18. The largest absolute Gasteiger partial charge is 0.277 e. The van der Waals surface area contributed by atoms with Crippen LogP contribution in [0.25, 0.3) is 83.2 Å². The number of fused-ring (bicyclic) bond motifs is 5. The van der Waals surface area contributed by atoms with Crippen LogP contribution in [0.5, 0.6) is 0 Å². The third kappa shape index (κ3) is 4.77. The van der Waals surface area contributed by atoms with E-state index >= 15 is 0 Å². The summed E-state index contributed by atoms with van der Waals surface area (Å²) in [6.45, 7) is 0. The second kappa shape index (κ2) is 11.2. The third-order valence-electron chi connectivity index (χ3n) is 9.06. The molecule has 0 atom stereocenters. The summed E-state index contributed by atoms with van der Waals surface area (Å²) in [6, 6.07) is 60.2. The lowest BCUT2D eigenvalue weighted by Crippen LogP contribution is -2.02. The van der Waals surface area contributed by atoms with Gasteiger partial charge >= 0.3 is 0 Å². The van der Waals surface area contributed by atoms with Crippen molar-refractivity contribution in [3.05, 3.63) is 176 Å². The number of benzene rings is 7. The Morgan fingerprint density at radius 1 is 0.383 bits per heavy atom. The van der Waals surface area contributed by atoms with Gasteiger partial charge in [-0.3, -0.25) is 4.57 Å². The highest BCUT2D eigenvalue weighted by molar-refractivity contribution is 6.19. The van der Waals surface area contributed by atoms with Crippen molar-refractivity contribution in [2.75, 3.05) is 0 Å². The predicted molar refractivity (Wildman–Crippen MR) is 196 cm³/mol. The quantitative estimate of drug-likeness (QED) is 0.197. The molecule has 7 aromatic carbocycles. The van der Waals surface area contributed by atoms with Crippen LogP contribution in [0.4, 0.5) is 0 Å². The van der Waals surface area contributed by atoms with Crippen LogP contribution in [0.2, 0.25) is 0 Å². The molecule has 0 aliphatic carbocycles. The van der Waals surface area contributed by atoms with Crippen molar-refractivity contribution < 1.29 is 0 Å². The lowest BCUT2D eigenvalue weighted by Gasteiger charge is -2.11. The second-order valence-corrected chi connectivity index (χ2v) is 11.9. The van der Waals surface area contributed by atoms with Gasteiger partial charge in [0.15, 0.2) is 0 Å². The molecule has 0 saturated heterocycles. The Bertz CT molecular complexity index is 2570. The van der Waals surface area contributed by atoms with Gasteiger partial charge in [-0.2, -0.15) is 0 Å². The molecule has 0 N–H and O–H groups in total. The molecule has 3 heteroatoms. The summed E-state index contributed by atoms with van der Waals surface area (Å²) in [6.07, 6.45) is 1.87. The van der Waals surface area contributed by atoms with E-state index in [1.165, 1.54) is 49.4 Å². The van der Waals surface area contributed by atoms with Crippen molar-refractivity contribution in [1.29, 1.82) is 0 Å². The fourth-order valence-electron chi connectivity index (χ4n) is 6.78. The monoisotopic (exact) mass is 599 g/mol. The van der Waals surface area contributed by atoms with Crippen molar-refractivity contribution in [3.63, 3.8) is 0 Å². The van der Waals surface area contributed by atoms with Gasteiger partial charge < -0.3 is 0 Å². The minimum absolute atomic E-state index is 0.655. The average Bonchev–Trinajstić information content (AvgIpc) is 3.50. The van der Waals surface area contributed by atoms with Crippen molar-refractivity contribution in [1.82, 2.24) is 14.5 Å². The molecule has 0 bridgehead atoms. The third-order valence-corrected chi connectivity index (χ3v) is 9.06. The van der Waals surface area contributed by atoms with E-state index in [0.29, 0.717) is 5.95 Å². The number of hydrogen-bond donors (Lipinski definition) is 0.